The van der Waals surface area contributed by atoms with Gasteiger partial charge in [-0.25, -0.2) is 0 Å². The Hall–Kier alpha value is -0.610. The number of amides is 1. The fourth-order valence-corrected chi connectivity index (χ4v) is 1.50. The molecule has 4 heteroatoms. The molecular formula is C9H18N2O2. The number of rotatable bonds is 5. The molecule has 0 radical (unpaired) electrons. The SMILES string of the molecule is COCCCNC1CCN(C)C1=O. The van der Waals surface area contributed by atoms with Crippen molar-refractivity contribution in [1.29, 1.82) is 0 Å². The summed E-state index contributed by atoms with van der Waals surface area (Å²) >= 11 is 0. The fraction of sp³-hybridized carbons (Fsp3) is 0.889. The minimum absolute atomic E-state index is 0.0434. The number of ether oxygens (including phenoxy) is 1. The van der Waals surface area contributed by atoms with Crippen LogP contribution in [0.1, 0.15) is 12.8 Å². The van der Waals surface area contributed by atoms with E-state index in [-0.39, 0.29) is 11.9 Å². The minimum Gasteiger partial charge on any atom is -0.385 e. The van der Waals surface area contributed by atoms with Gasteiger partial charge < -0.3 is 15.0 Å². The van der Waals surface area contributed by atoms with E-state index in [4.69, 9.17) is 4.74 Å². The number of carbonyl (C=O) groups is 1. The molecule has 76 valence electrons. The van der Waals surface area contributed by atoms with E-state index < -0.39 is 0 Å². The van der Waals surface area contributed by atoms with Gasteiger partial charge in [-0.1, -0.05) is 0 Å². The lowest BCUT2D eigenvalue weighted by Gasteiger charge is -2.11. The minimum atomic E-state index is 0.0434. The van der Waals surface area contributed by atoms with Gasteiger partial charge in [-0.15, -0.1) is 0 Å². The maximum Gasteiger partial charge on any atom is 0.239 e. The average Bonchev–Trinajstić information content (AvgIpc) is 2.43. The van der Waals surface area contributed by atoms with E-state index in [1.54, 1.807) is 12.0 Å². The first-order valence-corrected chi connectivity index (χ1v) is 4.73. The van der Waals surface area contributed by atoms with Crippen LogP contribution in [0.2, 0.25) is 0 Å². The van der Waals surface area contributed by atoms with Crippen molar-refractivity contribution in [1.82, 2.24) is 10.2 Å². The predicted molar refractivity (Wildman–Crippen MR) is 50.5 cm³/mol. The van der Waals surface area contributed by atoms with Gasteiger partial charge in [-0.05, 0) is 19.4 Å². The molecule has 1 atom stereocenters. The van der Waals surface area contributed by atoms with Crippen molar-refractivity contribution >= 4 is 5.91 Å². The molecule has 1 heterocycles. The van der Waals surface area contributed by atoms with Crippen LogP contribution >= 0.6 is 0 Å². The van der Waals surface area contributed by atoms with E-state index >= 15 is 0 Å². The standard InChI is InChI=1S/C9H18N2O2/c1-11-6-4-8(9(11)12)10-5-3-7-13-2/h8,10H,3-7H2,1-2H3. The third kappa shape index (κ3) is 2.97. The molecule has 0 bridgehead atoms. The lowest BCUT2D eigenvalue weighted by atomic mass is 10.2. The molecule has 0 saturated carbocycles. The van der Waals surface area contributed by atoms with Gasteiger partial charge in [-0.3, -0.25) is 4.79 Å². The molecule has 1 unspecified atom stereocenters. The van der Waals surface area contributed by atoms with Gasteiger partial charge in [0.25, 0.3) is 0 Å². The van der Waals surface area contributed by atoms with Gasteiger partial charge in [0.2, 0.25) is 5.91 Å². The van der Waals surface area contributed by atoms with Crippen molar-refractivity contribution in [3.8, 4) is 0 Å². The highest BCUT2D eigenvalue weighted by molar-refractivity contribution is 5.83. The summed E-state index contributed by atoms with van der Waals surface area (Å²) in [7, 11) is 3.54. The summed E-state index contributed by atoms with van der Waals surface area (Å²) < 4.78 is 4.92. The molecule has 0 aliphatic carbocycles. The Morgan fingerprint density at radius 2 is 2.46 bits per heavy atom. The van der Waals surface area contributed by atoms with Crippen LogP contribution in [0.3, 0.4) is 0 Å². The number of carbonyl (C=O) groups excluding carboxylic acids is 1. The smallest absolute Gasteiger partial charge is 0.239 e. The molecule has 1 fully saturated rings. The summed E-state index contributed by atoms with van der Waals surface area (Å²) in [6.45, 7) is 2.49. The van der Waals surface area contributed by atoms with Crippen LogP contribution in [0.5, 0.6) is 0 Å². The largest absolute Gasteiger partial charge is 0.385 e. The zero-order valence-electron chi connectivity index (χ0n) is 8.38. The highest BCUT2D eigenvalue weighted by Crippen LogP contribution is 2.07. The quantitative estimate of drug-likeness (QED) is 0.607. The summed E-state index contributed by atoms with van der Waals surface area (Å²) in [4.78, 5) is 13.2. The highest BCUT2D eigenvalue weighted by Gasteiger charge is 2.27. The van der Waals surface area contributed by atoms with E-state index in [0.717, 1.165) is 32.5 Å². The van der Waals surface area contributed by atoms with E-state index in [2.05, 4.69) is 5.32 Å². The Kier molecular flexibility index (Phi) is 4.18. The lowest BCUT2D eigenvalue weighted by molar-refractivity contribution is -0.128. The number of hydrogen-bond donors (Lipinski definition) is 1. The van der Waals surface area contributed by atoms with Crippen LogP contribution in [-0.4, -0.2) is 50.7 Å². The Bertz CT molecular complexity index is 173. The Morgan fingerprint density at radius 3 is 3.00 bits per heavy atom. The van der Waals surface area contributed by atoms with Gasteiger partial charge in [0, 0.05) is 27.3 Å². The molecule has 4 nitrogen and oxygen atoms in total. The second kappa shape index (κ2) is 5.19. The number of methoxy groups -OCH3 is 1. The Labute approximate surface area is 79.2 Å². The normalized spacial score (nSPS) is 22.8. The highest BCUT2D eigenvalue weighted by atomic mass is 16.5. The van der Waals surface area contributed by atoms with E-state index in [0.29, 0.717) is 0 Å². The zero-order valence-corrected chi connectivity index (χ0v) is 8.38. The fourth-order valence-electron chi connectivity index (χ4n) is 1.50. The molecule has 13 heavy (non-hydrogen) atoms. The third-order valence-corrected chi connectivity index (χ3v) is 2.34. The molecule has 1 aliphatic heterocycles. The lowest BCUT2D eigenvalue weighted by Crippen LogP contribution is -2.37. The monoisotopic (exact) mass is 186 g/mol. The van der Waals surface area contributed by atoms with Gasteiger partial charge in [0.1, 0.15) is 0 Å². The van der Waals surface area contributed by atoms with Gasteiger partial charge in [0.05, 0.1) is 6.04 Å². The van der Waals surface area contributed by atoms with Crippen molar-refractivity contribution in [2.45, 2.75) is 18.9 Å². The predicted octanol–water partition coefficient (Wildman–Crippen LogP) is -0.157. The van der Waals surface area contributed by atoms with Crippen molar-refractivity contribution in [2.75, 3.05) is 33.9 Å². The maximum absolute atomic E-state index is 11.4. The molecule has 1 amide bonds. The molecule has 0 spiro atoms. The van der Waals surface area contributed by atoms with Crippen LogP contribution in [0.15, 0.2) is 0 Å². The van der Waals surface area contributed by atoms with E-state index in [1.807, 2.05) is 7.05 Å². The van der Waals surface area contributed by atoms with Gasteiger partial charge in [-0.2, -0.15) is 0 Å². The maximum atomic E-state index is 11.4. The van der Waals surface area contributed by atoms with Crippen molar-refractivity contribution < 1.29 is 9.53 Å². The molecule has 0 aromatic carbocycles. The topological polar surface area (TPSA) is 41.6 Å². The van der Waals surface area contributed by atoms with E-state index in [1.165, 1.54) is 0 Å². The number of hydrogen-bond acceptors (Lipinski definition) is 3. The number of nitrogens with zero attached hydrogens (tertiary/aromatic N) is 1. The van der Waals surface area contributed by atoms with Crippen LogP contribution in [0.25, 0.3) is 0 Å². The van der Waals surface area contributed by atoms with Gasteiger partial charge >= 0.3 is 0 Å². The first-order chi connectivity index (χ1) is 6.25. The van der Waals surface area contributed by atoms with Crippen LogP contribution in [0, 0.1) is 0 Å². The number of likely N-dealkylation sites (N-methyl/N-ethyl adjacent to an activating group) is 1. The van der Waals surface area contributed by atoms with Crippen molar-refractivity contribution in [2.24, 2.45) is 0 Å². The summed E-state index contributed by atoms with van der Waals surface area (Å²) in [6.07, 6.45) is 1.90. The summed E-state index contributed by atoms with van der Waals surface area (Å²) in [5.74, 6) is 0.220. The Morgan fingerprint density at radius 1 is 1.69 bits per heavy atom. The molecule has 0 aromatic rings. The average molecular weight is 186 g/mol. The van der Waals surface area contributed by atoms with Crippen LogP contribution in [-0.2, 0) is 9.53 Å². The number of nitrogens with one attached hydrogen (secondary N) is 1. The molecule has 1 rings (SSSR count). The van der Waals surface area contributed by atoms with Crippen molar-refractivity contribution in [3.63, 3.8) is 0 Å². The van der Waals surface area contributed by atoms with Crippen molar-refractivity contribution in [3.05, 3.63) is 0 Å². The Balaban J connectivity index is 2.12. The zero-order chi connectivity index (χ0) is 9.68. The second-order valence-corrected chi connectivity index (χ2v) is 3.40. The summed E-state index contributed by atoms with van der Waals surface area (Å²) in [6, 6.07) is 0.0434. The first kappa shape index (κ1) is 10.5. The van der Waals surface area contributed by atoms with E-state index in [9.17, 15) is 4.79 Å². The van der Waals surface area contributed by atoms with Crippen LogP contribution in [0.4, 0.5) is 0 Å². The molecular weight excluding hydrogens is 168 g/mol. The molecule has 1 aliphatic rings. The molecule has 1 N–H and O–H groups in total. The third-order valence-electron chi connectivity index (χ3n) is 2.34. The van der Waals surface area contributed by atoms with Crippen LogP contribution < -0.4 is 5.32 Å². The summed E-state index contributed by atoms with van der Waals surface area (Å²) in [5.41, 5.74) is 0. The molecule has 1 saturated heterocycles. The van der Waals surface area contributed by atoms with Gasteiger partial charge in [0.15, 0.2) is 0 Å². The summed E-state index contributed by atoms with van der Waals surface area (Å²) in [5, 5.41) is 3.23. The second-order valence-electron chi connectivity index (χ2n) is 3.40. The first-order valence-electron chi connectivity index (χ1n) is 4.73. The molecule has 0 aromatic heterocycles. The number of likely N-dealkylation sites (tertiary alicyclic amines) is 1.